The van der Waals surface area contributed by atoms with Crippen molar-refractivity contribution < 1.29 is 0 Å². The summed E-state index contributed by atoms with van der Waals surface area (Å²) in [6, 6.07) is 70.1. The van der Waals surface area contributed by atoms with Gasteiger partial charge in [0, 0.05) is 22.1 Å². The lowest BCUT2D eigenvalue weighted by atomic mass is 9.82. The van der Waals surface area contributed by atoms with Crippen molar-refractivity contribution in [1.29, 1.82) is 0 Å². The molecule has 0 N–H and O–H groups in total. The SMILES string of the molecule is CC1(C)c2ccccc2-c2c(-c3ccc(-c4cc(-c5ccccc5)nc(-c5ccc(-c6c7ccccc7cc7ccc8ccccc8c67)cc5)n4)cc3)cccc21. The van der Waals surface area contributed by atoms with E-state index in [4.69, 9.17) is 9.97 Å². The lowest BCUT2D eigenvalue weighted by Gasteiger charge is -2.21. The average molecular weight is 727 g/mol. The Kier molecular flexibility index (Phi) is 7.55. The van der Waals surface area contributed by atoms with Crippen LogP contribution in [0.5, 0.6) is 0 Å². The fourth-order valence-corrected chi connectivity index (χ4v) is 9.22. The molecule has 1 heterocycles. The number of fused-ring (bicyclic) bond motifs is 7. The van der Waals surface area contributed by atoms with E-state index in [2.05, 4.69) is 202 Å². The molecule has 0 aliphatic heterocycles. The number of hydrogen-bond acceptors (Lipinski definition) is 2. The first-order valence-electron chi connectivity index (χ1n) is 19.7. The molecule has 0 radical (unpaired) electrons. The fourth-order valence-electron chi connectivity index (χ4n) is 9.22. The van der Waals surface area contributed by atoms with E-state index in [9.17, 15) is 0 Å². The van der Waals surface area contributed by atoms with Gasteiger partial charge in [-0.2, -0.15) is 0 Å². The molecule has 1 aliphatic rings. The smallest absolute Gasteiger partial charge is 0.160 e. The van der Waals surface area contributed by atoms with Gasteiger partial charge in [-0.25, -0.2) is 9.97 Å². The summed E-state index contributed by atoms with van der Waals surface area (Å²) in [5.74, 6) is 0.704. The summed E-state index contributed by atoms with van der Waals surface area (Å²) in [6.45, 7) is 4.67. The second kappa shape index (κ2) is 13.0. The predicted molar refractivity (Wildman–Crippen MR) is 239 cm³/mol. The second-order valence-electron chi connectivity index (χ2n) is 15.7. The molecule has 268 valence electrons. The molecule has 10 aromatic rings. The van der Waals surface area contributed by atoms with Crippen LogP contribution in [0, 0.1) is 0 Å². The largest absolute Gasteiger partial charge is 0.228 e. The number of hydrogen-bond donors (Lipinski definition) is 0. The lowest BCUT2D eigenvalue weighted by molar-refractivity contribution is 0.660. The van der Waals surface area contributed by atoms with Gasteiger partial charge in [-0.05, 0) is 89.0 Å². The van der Waals surface area contributed by atoms with Crippen LogP contribution in [0.2, 0.25) is 0 Å². The van der Waals surface area contributed by atoms with E-state index in [0.717, 1.165) is 28.1 Å². The molecule has 0 saturated carbocycles. The molecule has 1 aromatic heterocycles. The Labute approximate surface area is 332 Å². The highest BCUT2D eigenvalue weighted by Crippen LogP contribution is 2.52. The van der Waals surface area contributed by atoms with Crippen LogP contribution in [0.4, 0.5) is 0 Å². The van der Waals surface area contributed by atoms with Gasteiger partial charge in [-0.1, -0.05) is 196 Å². The van der Waals surface area contributed by atoms with Gasteiger partial charge in [0.25, 0.3) is 0 Å². The Morgan fingerprint density at radius 3 is 1.70 bits per heavy atom. The van der Waals surface area contributed by atoms with E-state index in [-0.39, 0.29) is 5.41 Å². The van der Waals surface area contributed by atoms with Crippen LogP contribution in [0.15, 0.2) is 194 Å². The van der Waals surface area contributed by atoms with Gasteiger partial charge in [-0.15, -0.1) is 0 Å². The summed E-state index contributed by atoms with van der Waals surface area (Å²) in [4.78, 5) is 10.4. The summed E-state index contributed by atoms with van der Waals surface area (Å²) in [5.41, 5.74) is 15.2. The summed E-state index contributed by atoms with van der Waals surface area (Å²) in [6.07, 6.45) is 0. The van der Waals surface area contributed by atoms with E-state index >= 15 is 0 Å². The first-order valence-corrected chi connectivity index (χ1v) is 19.7. The summed E-state index contributed by atoms with van der Waals surface area (Å²) in [5, 5.41) is 7.51. The Bertz CT molecular complexity index is 3180. The second-order valence-corrected chi connectivity index (χ2v) is 15.7. The van der Waals surface area contributed by atoms with Crippen LogP contribution in [0.1, 0.15) is 25.0 Å². The van der Waals surface area contributed by atoms with Crippen LogP contribution < -0.4 is 0 Å². The van der Waals surface area contributed by atoms with Crippen molar-refractivity contribution in [1.82, 2.24) is 9.97 Å². The minimum atomic E-state index is -0.0394. The maximum absolute atomic E-state index is 5.24. The minimum Gasteiger partial charge on any atom is -0.228 e. The van der Waals surface area contributed by atoms with E-state index < -0.39 is 0 Å². The van der Waals surface area contributed by atoms with E-state index in [1.54, 1.807) is 0 Å². The molecule has 0 unspecified atom stereocenters. The molecule has 0 bridgehead atoms. The molecule has 57 heavy (non-hydrogen) atoms. The third-order valence-corrected chi connectivity index (χ3v) is 12.1. The van der Waals surface area contributed by atoms with Gasteiger partial charge in [0.1, 0.15) is 0 Å². The molecule has 2 heteroatoms. The van der Waals surface area contributed by atoms with Gasteiger partial charge in [0.05, 0.1) is 11.4 Å². The van der Waals surface area contributed by atoms with Crippen LogP contribution in [0.3, 0.4) is 0 Å². The van der Waals surface area contributed by atoms with Crippen molar-refractivity contribution in [3.63, 3.8) is 0 Å². The van der Waals surface area contributed by atoms with Crippen LogP contribution in [-0.4, -0.2) is 9.97 Å². The third kappa shape index (κ3) is 5.40. The summed E-state index contributed by atoms with van der Waals surface area (Å²) in [7, 11) is 0. The third-order valence-electron chi connectivity index (χ3n) is 12.1. The molecule has 1 aliphatic carbocycles. The van der Waals surface area contributed by atoms with Crippen molar-refractivity contribution >= 4 is 32.3 Å². The normalized spacial score (nSPS) is 12.9. The Morgan fingerprint density at radius 1 is 0.351 bits per heavy atom. The number of nitrogens with zero attached hydrogens (tertiary/aromatic N) is 2. The Morgan fingerprint density at radius 2 is 0.912 bits per heavy atom. The van der Waals surface area contributed by atoms with Gasteiger partial charge >= 0.3 is 0 Å². The highest BCUT2D eigenvalue weighted by molar-refractivity contribution is 6.22. The zero-order valence-electron chi connectivity index (χ0n) is 31.9. The zero-order valence-corrected chi connectivity index (χ0v) is 31.9. The standard InChI is InChI=1S/C55H38N2/c1-55(2)47-21-11-10-19-46(47)53-44(20-12-22-48(53)55)36-23-26-38(27-24-36)50-34-49(37-14-4-3-5-15-37)56-54(57-50)40-30-28-39(29-31-40)51-45-18-9-7-16-41(45)33-42-32-25-35-13-6-8-17-43(35)52(42)51/h3-34H,1-2H3. The molecule has 2 nitrogen and oxygen atoms in total. The first kappa shape index (κ1) is 33.2. The highest BCUT2D eigenvalue weighted by Gasteiger charge is 2.36. The summed E-state index contributed by atoms with van der Waals surface area (Å²) >= 11 is 0. The van der Waals surface area contributed by atoms with E-state index in [1.807, 2.05) is 6.07 Å². The Balaban J connectivity index is 1.02. The number of benzene rings is 9. The monoisotopic (exact) mass is 726 g/mol. The molecule has 0 fully saturated rings. The maximum Gasteiger partial charge on any atom is 0.160 e. The van der Waals surface area contributed by atoms with Gasteiger partial charge in [0.2, 0.25) is 0 Å². The molecule has 0 amide bonds. The van der Waals surface area contributed by atoms with Gasteiger partial charge < -0.3 is 0 Å². The Hall–Kier alpha value is -7.16. The van der Waals surface area contributed by atoms with Crippen LogP contribution in [-0.2, 0) is 5.41 Å². The first-order chi connectivity index (χ1) is 28.0. The zero-order chi connectivity index (χ0) is 38.1. The van der Waals surface area contributed by atoms with Crippen LogP contribution >= 0.6 is 0 Å². The topological polar surface area (TPSA) is 25.8 Å². The van der Waals surface area contributed by atoms with Crippen molar-refractivity contribution in [2.45, 2.75) is 19.3 Å². The van der Waals surface area contributed by atoms with Crippen molar-refractivity contribution in [2.75, 3.05) is 0 Å². The van der Waals surface area contributed by atoms with Crippen LogP contribution in [0.25, 0.3) is 99.6 Å². The van der Waals surface area contributed by atoms with E-state index in [1.165, 1.54) is 76.8 Å². The summed E-state index contributed by atoms with van der Waals surface area (Å²) < 4.78 is 0. The molecule has 11 rings (SSSR count). The van der Waals surface area contributed by atoms with Gasteiger partial charge in [-0.3, -0.25) is 0 Å². The average Bonchev–Trinajstić information content (AvgIpc) is 3.51. The quantitative estimate of drug-likeness (QED) is 0.130. The van der Waals surface area contributed by atoms with Gasteiger partial charge in [0.15, 0.2) is 5.82 Å². The molecule has 9 aromatic carbocycles. The maximum atomic E-state index is 5.24. The minimum absolute atomic E-state index is 0.0394. The molecule has 0 saturated heterocycles. The van der Waals surface area contributed by atoms with Crippen molar-refractivity contribution in [3.8, 4) is 67.3 Å². The predicted octanol–water partition coefficient (Wildman–Crippen LogP) is 14.6. The van der Waals surface area contributed by atoms with E-state index in [0.29, 0.717) is 5.82 Å². The number of aromatic nitrogens is 2. The molecule has 0 spiro atoms. The molecule has 0 atom stereocenters. The van der Waals surface area contributed by atoms with Crippen molar-refractivity contribution in [2.24, 2.45) is 0 Å². The number of rotatable bonds is 5. The van der Waals surface area contributed by atoms with Crippen molar-refractivity contribution in [3.05, 3.63) is 205 Å². The highest BCUT2D eigenvalue weighted by atomic mass is 14.9. The fraction of sp³-hybridized carbons (Fsp3) is 0.0545. The lowest BCUT2D eigenvalue weighted by Crippen LogP contribution is -2.14. The molecular formula is C55H38N2. The molecular weight excluding hydrogens is 689 g/mol.